The highest BCUT2D eigenvalue weighted by Gasteiger charge is 2.29. The summed E-state index contributed by atoms with van der Waals surface area (Å²) >= 11 is 0. The Kier molecular flexibility index (Phi) is 4.57. The highest BCUT2D eigenvalue weighted by molar-refractivity contribution is 6.04. The van der Waals surface area contributed by atoms with Crippen molar-refractivity contribution in [2.45, 2.75) is 19.4 Å². The molecule has 1 heterocycles. The predicted molar refractivity (Wildman–Crippen MR) is 78.9 cm³/mol. The summed E-state index contributed by atoms with van der Waals surface area (Å²) in [7, 11) is 3.28. The van der Waals surface area contributed by atoms with Gasteiger partial charge in [0.2, 0.25) is 12.0 Å². The topological polar surface area (TPSA) is 71.0 Å². The molecular formula is C15H19N3O3. The van der Waals surface area contributed by atoms with Crippen molar-refractivity contribution in [2.24, 2.45) is 5.16 Å². The standard InChI is InChI=1S/C15H19N3O3/c1-10-4-6-11(7-5-10)12-8-13(21-17-12)15(20)16-9-14(19)18(2)3/h4-7,13H,8-9H2,1-3H3,(H,16,20)/t13-/m0/s1. The summed E-state index contributed by atoms with van der Waals surface area (Å²) in [6, 6.07) is 7.88. The van der Waals surface area contributed by atoms with E-state index in [1.165, 1.54) is 4.90 Å². The van der Waals surface area contributed by atoms with E-state index in [1.807, 2.05) is 31.2 Å². The van der Waals surface area contributed by atoms with Crippen LogP contribution in [-0.4, -0.2) is 49.2 Å². The molecule has 1 N–H and O–H groups in total. The van der Waals surface area contributed by atoms with Gasteiger partial charge in [0, 0.05) is 20.5 Å². The zero-order valence-electron chi connectivity index (χ0n) is 12.4. The van der Waals surface area contributed by atoms with Gasteiger partial charge in [0.25, 0.3) is 5.91 Å². The molecule has 1 aliphatic heterocycles. The molecule has 0 aromatic heterocycles. The van der Waals surface area contributed by atoms with Crippen LogP contribution in [0.5, 0.6) is 0 Å². The summed E-state index contributed by atoms with van der Waals surface area (Å²) in [5, 5.41) is 6.52. The maximum atomic E-state index is 11.9. The summed E-state index contributed by atoms with van der Waals surface area (Å²) in [6.45, 7) is 1.97. The van der Waals surface area contributed by atoms with Crippen LogP contribution in [0.2, 0.25) is 0 Å². The van der Waals surface area contributed by atoms with E-state index < -0.39 is 6.10 Å². The molecule has 1 aliphatic rings. The Balaban J connectivity index is 1.87. The molecule has 0 radical (unpaired) electrons. The lowest BCUT2D eigenvalue weighted by Gasteiger charge is -2.12. The molecule has 2 amide bonds. The smallest absolute Gasteiger partial charge is 0.264 e. The van der Waals surface area contributed by atoms with Gasteiger partial charge in [-0.3, -0.25) is 9.59 Å². The Hall–Kier alpha value is -2.37. The number of nitrogens with zero attached hydrogens (tertiary/aromatic N) is 2. The van der Waals surface area contributed by atoms with Crippen molar-refractivity contribution in [3.8, 4) is 0 Å². The van der Waals surface area contributed by atoms with E-state index in [0.717, 1.165) is 16.8 Å². The summed E-state index contributed by atoms with van der Waals surface area (Å²) < 4.78 is 0. The Morgan fingerprint density at radius 3 is 2.62 bits per heavy atom. The third-order valence-corrected chi connectivity index (χ3v) is 3.26. The average molecular weight is 289 g/mol. The maximum Gasteiger partial charge on any atom is 0.264 e. The number of hydrogen-bond acceptors (Lipinski definition) is 4. The number of aryl methyl sites for hydroxylation is 1. The van der Waals surface area contributed by atoms with E-state index in [4.69, 9.17) is 4.84 Å². The highest BCUT2D eigenvalue weighted by atomic mass is 16.6. The van der Waals surface area contributed by atoms with Gasteiger partial charge in [-0.25, -0.2) is 0 Å². The summed E-state index contributed by atoms with van der Waals surface area (Å²) in [5.41, 5.74) is 2.85. The van der Waals surface area contributed by atoms with Crippen LogP contribution in [0.1, 0.15) is 17.5 Å². The minimum atomic E-state index is -0.670. The molecule has 0 aliphatic carbocycles. The van der Waals surface area contributed by atoms with Gasteiger partial charge in [-0.05, 0) is 12.5 Å². The number of nitrogens with one attached hydrogen (secondary N) is 1. The fourth-order valence-electron chi connectivity index (χ4n) is 1.87. The zero-order chi connectivity index (χ0) is 15.4. The van der Waals surface area contributed by atoms with Gasteiger partial charge in [0.1, 0.15) is 0 Å². The van der Waals surface area contributed by atoms with Crippen LogP contribution in [0.25, 0.3) is 0 Å². The molecule has 1 aromatic carbocycles. The van der Waals surface area contributed by atoms with Crippen molar-refractivity contribution in [3.63, 3.8) is 0 Å². The van der Waals surface area contributed by atoms with Gasteiger partial charge in [0.05, 0.1) is 12.3 Å². The average Bonchev–Trinajstić information content (AvgIpc) is 2.94. The molecule has 0 fully saturated rings. The number of benzene rings is 1. The molecule has 0 spiro atoms. The van der Waals surface area contributed by atoms with Crippen molar-refractivity contribution in [2.75, 3.05) is 20.6 Å². The molecule has 1 aromatic rings. The largest absolute Gasteiger partial charge is 0.382 e. The molecule has 0 bridgehead atoms. The van der Waals surface area contributed by atoms with E-state index in [-0.39, 0.29) is 18.4 Å². The van der Waals surface area contributed by atoms with E-state index in [0.29, 0.717) is 6.42 Å². The number of oxime groups is 1. The van der Waals surface area contributed by atoms with Gasteiger partial charge in [0.15, 0.2) is 0 Å². The number of likely N-dealkylation sites (N-methyl/N-ethyl adjacent to an activating group) is 1. The van der Waals surface area contributed by atoms with Crippen molar-refractivity contribution in [1.82, 2.24) is 10.2 Å². The quantitative estimate of drug-likeness (QED) is 0.886. The first-order chi connectivity index (χ1) is 9.97. The van der Waals surface area contributed by atoms with E-state index in [9.17, 15) is 9.59 Å². The van der Waals surface area contributed by atoms with Gasteiger partial charge < -0.3 is 15.1 Å². The Bertz CT molecular complexity index is 564. The van der Waals surface area contributed by atoms with Crippen LogP contribution in [0.3, 0.4) is 0 Å². The van der Waals surface area contributed by atoms with E-state index in [2.05, 4.69) is 10.5 Å². The molecule has 0 unspecified atom stereocenters. The van der Waals surface area contributed by atoms with Crippen molar-refractivity contribution >= 4 is 17.5 Å². The van der Waals surface area contributed by atoms with Gasteiger partial charge >= 0.3 is 0 Å². The number of carbonyl (C=O) groups excluding carboxylic acids is 2. The van der Waals surface area contributed by atoms with E-state index >= 15 is 0 Å². The first kappa shape index (κ1) is 15.0. The maximum absolute atomic E-state index is 11.9. The van der Waals surface area contributed by atoms with Crippen molar-refractivity contribution in [1.29, 1.82) is 0 Å². The molecule has 2 rings (SSSR count). The minimum Gasteiger partial charge on any atom is -0.382 e. The fraction of sp³-hybridized carbons (Fsp3) is 0.400. The van der Waals surface area contributed by atoms with Crippen LogP contribution in [0.4, 0.5) is 0 Å². The molecule has 6 heteroatoms. The lowest BCUT2D eigenvalue weighted by molar-refractivity contribution is -0.135. The minimum absolute atomic E-state index is 0.0362. The first-order valence-electron chi connectivity index (χ1n) is 6.75. The number of hydrogen-bond donors (Lipinski definition) is 1. The van der Waals surface area contributed by atoms with Gasteiger partial charge in [-0.2, -0.15) is 0 Å². The predicted octanol–water partition coefficient (Wildman–Crippen LogP) is 0.692. The highest BCUT2D eigenvalue weighted by Crippen LogP contribution is 2.17. The third-order valence-electron chi connectivity index (χ3n) is 3.26. The first-order valence-corrected chi connectivity index (χ1v) is 6.75. The molecule has 1 atom stereocenters. The second-order valence-electron chi connectivity index (χ2n) is 5.21. The second-order valence-corrected chi connectivity index (χ2v) is 5.21. The lowest BCUT2D eigenvalue weighted by atomic mass is 10.0. The fourth-order valence-corrected chi connectivity index (χ4v) is 1.87. The molecule has 0 saturated carbocycles. The summed E-state index contributed by atoms with van der Waals surface area (Å²) in [6.07, 6.45) is -0.262. The Morgan fingerprint density at radius 1 is 1.33 bits per heavy atom. The van der Waals surface area contributed by atoms with Crippen molar-refractivity contribution in [3.05, 3.63) is 35.4 Å². The number of carbonyl (C=O) groups is 2. The molecule has 112 valence electrons. The second kappa shape index (κ2) is 6.39. The van der Waals surface area contributed by atoms with Crippen LogP contribution < -0.4 is 5.32 Å². The molecule has 0 saturated heterocycles. The zero-order valence-corrected chi connectivity index (χ0v) is 12.4. The van der Waals surface area contributed by atoms with Crippen LogP contribution in [-0.2, 0) is 14.4 Å². The van der Waals surface area contributed by atoms with Gasteiger partial charge in [-0.15, -0.1) is 0 Å². The Morgan fingerprint density at radius 2 is 2.00 bits per heavy atom. The molecular weight excluding hydrogens is 270 g/mol. The van der Waals surface area contributed by atoms with Gasteiger partial charge in [-0.1, -0.05) is 35.0 Å². The molecule has 21 heavy (non-hydrogen) atoms. The Labute approximate surface area is 123 Å². The molecule has 6 nitrogen and oxygen atoms in total. The van der Waals surface area contributed by atoms with Crippen molar-refractivity contribution < 1.29 is 14.4 Å². The third kappa shape index (κ3) is 3.81. The summed E-state index contributed by atoms with van der Waals surface area (Å²) in [5.74, 6) is -0.489. The van der Waals surface area contributed by atoms with Crippen LogP contribution in [0, 0.1) is 6.92 Å². The SMILES string of the molecule is Cc1ccc(C2=NO[C@H](C(=O)NCC(=O)N(C)C)C2)cc1. The van der Waals surface area contributed by atoms with Crippen LogP contribution >= 0.6 is 0 Å². The monoisotopic (exact) mass is 289 g/mol. The van der Waals surface area contributed by atoms with E-state index in [1.54, 1.807) is 14.1 Å². The van der Waals surface area contributed by atoms with Crippen LogP contribution in [0.15, 0.2) is 29.4 Å². The number of rotatable bonds is 4. The normalized spacial score (nSPS) is 16.9. The lowest BCUT2D eigenvalue weighted by Crippen LogP contribution is -2.41. The number of amides is 2. The summed E-state index contributed by atoms with van der Waals surface area (Å²) in [4.78, 5) is 29.9.